The van der Waals surface area contributed by atoms with Crippen molar-refractivity contribution in [3.05, 3.63) is 45.5 Å². The normalized spacial score (nSPS) is 11.2. The molecule has 0 bridgehead atoms. The number of nitrogens with zero attached hydrogens (tertiary/aromatic N) is 1. The zero-order valence-electron chi connectivity index (χ0n) is 11.3. The van der Waals surface area contributed by atoms with Crippen LogP contribution in [-0.4, -0.2) is 20.4 Å². The van der Waals surface area contributed by atoms with Crippen LogP contribution in [0.25, 0.3) is 0 Å². The standard InChI is InChI=1S/C13H13BrClN3O2S/c1-8-6-9(14)12(7-10(8)15)18-21(19,20)13-11(16-2)4-3-5-17-13/h3-7,16,18H,1-2H3. The van der Waals surface area contributed by atoms with Gasteiger partial charge in [-0.3, -0.25) is 4.72 Å². The van der Waals surface area contributed by atoms with Gasteiger partial charge in [0.2, 0.25) is 0 Å². The maximum atomic E-state index is 12.5. The number of rotatable bonds is 4. The van der Waals surface area contributed by atoms with Gasteiger partial charge in [0.05, 0.1) is 11.4 Å². The summed E-state index contributed by atoms with van der Waals surface area (Å²) in [7, 11) is -2.19. The smallest absolute Gasteiger partial charge is 0.281 e. The first-order chi connectivity index (χ1) is 9.85. The molecule has 8 heteroatoms. The molecule has 0 unspecified atom stereocenters. The van der Waals surface area contributed by atoms with E-state index >= 15 is 0 Å². The van der Waals surface area contributed by atoms with Crippen LogP contribution in [0.2, 0.25) is 5.02 Å². The molecule has 0 aliphatic rings. The first-order valence-corrected chi connectivity index (χ1v) is 8.62. The van der Waals surface area contributed by atoms with E-state index in [0.29, 0.717) is 20.9 Å². The van der Waals surface area contributed by atoms with E-state index in [1.165, 1.54) is 6.20 Å². The van der Waals surface area contributed by atoms with Crippen molar-refractivity contribution in [1.82, 2.24) is 4.98 Å². The molecule has 0 saturated heterocycles. The minimum absolute atomic E-state index is 0.0731. The van der Waals surface area contributed by atoms with Crippen molar-refractivity contribution in [1.29, 1.82) is 0 Å². The number of anilines is 2. The summed E-state index contributed by atoms with van der Waals surface area (Å²) in [5, 5.41) is 3.21. The minimum atomic E-state index is -3.82. The lowest BCUT2D eigenvalue weighted by molar-refractivity contribution is 0.598. The quantitative estimate of drug-likeness (QED) is 0.836. The first-order valence-electron chi connectivity index (χ1n) is 5.96. The molecule has 2 N–H and O–H groups in total. The molecule has 2 rings (SSSR count). The van der Waals surface area contributed by atoms with E-state index < -0.39 is 10.0 Å². The lowest BCUT2D eigenvalue weighted by atomic mass is 10.2. The lowest BCUT2D eigenvalue weighted by Gasteiger charge is -2.13. The summed E-state index contributed by atoms with van der Waals surface area (Å²) in [5.74, 6) is 0. The van der Waals surface area contributed by atoms with E-state index in [-0.39, 0.29) is 5.03 Å². The highest BCUT2D eigenvalue weighted by Gasteiger charge is 2.21. The number of benzene rings is 1. The number of hydrogen-bond acceptors (Lipinski definition) is 4. The Bertz CT molecular complexity index is 781. The summed E-state index contributed by atoms with van der Waals surface area (Å²) >= 11 is 9.36. The maximum absolute atomic E-state index is 12.5. The van der Waals surface area contributed by atoms with Gasteiger partial charge in [0.1, 0.15) is 0 Å². The Morgan fingerprint density at radius 2 is 2.00 bits per heavy atom. The van der Waals surface area contributed by atoms with Crippen molar-refractivity contribution < 1.29 is 8.42 Å². The Labute approximate surface area is 136 Å². The predicted molar refractivity (Wildman–Crippen MR) is 88.5 cm³/mol. The molecule has 1 heterocycles. The Balaban J connectivity index is 2.45. The minimum Gasteiger partial charge on any atom is -0.386 e. The van der Waals surface area contributed by atoms with Gasteiger partial charge in [-0.25, -0.2) is 4.98 Å². The van der Waals surface area contributed by atoms with Gasteiger partial charge in [-0.05, 0) is 52.7 Å². The van der Waals surface area contributed by atoms with Crippen molar-refractivity contribution in [3.8, 4) is 0 Å². The Kier molecular flexibility index (Phi) is 4.75. The van der Waals surface area contributed by atoms with Crippen LogP contribution in [0.3, 0.4) is 0 Å². The molecule has 5 nitrogen and oxygen atoms in total. The second-order valence-corrected chi connectivity index (χ2v) is 7.15. The zero-order chi connectivity index (χ0) is 15.6. The molecule has 2 aromatic rings. The summed E-state index contributed by atoms with van der Waals surface area (Å²) in [5.41, 5.74) is 1.62. The number of aryl methyl sites for hydroxylation is 1. The van der Waals surface area contributed by atoms with Crippen molar-refractivity contribution in [3.63, 3.8) is 0 Å². The number of aromatic nitrogens is 1. The summed E-state index contributed by atoms with van der Waals surface area (Å²) in [4.78, 5) is 3.93. The van der Waals surface area contributed by atoms with Gasteiger partial charge >= 0.3 is 0 Å². The Morgan fingerprint density at radius 1 is 1.29 bits per heavy atom. The van der Waals surface area contributed by atoms with Gasteiger partial charge in [0.25, 0.3) is 10.0 Å². The summed E-state index contributed by atoms with van der Waals surface area (Å²) < 4.78 is 28.0. The molecule has 112 valence electrons. The fourth-order valence-corrected chi connectivity index (χ4v) is 3.78. The molecule has 0 aliphatic carbocycles. The van der Waals surface area contributed by atoms with Crippen LogP contribution < -0.4 is 10.0 Å². The van der Waals surface area contributed by atoms with Crippen LogP contribution in [0.5, 0.6) is 0 Å². The molecular formula is C13H13BrClN3O2S. The molecular weight excluding hydrogens is 378 g/mol. The Morgan fingerprint density at radius 3 is 2.67 bits per heavy atom. The highest BCUT2D eigenvalue weighted by atomic mass is 79.9. The third kappa shape index (κ3) is 3.48. The molecule has 0 fully saturated rings. The number of nitrogens with one attached hydrogen (secondary N) is 2. The number of pyridine rings is 1. The van der Waals surface area contributed by atoms with Gasteiger partial charge in [-0.2, -0.15) is 8.42 Å². The average molecular weight is 391 g/mol. The van der Waals surface area contributed by atoms with E-state index in [1.807, 2.05) is 6.92 Å². The van der Waals surface area contributed by atoms with Gasteiger partial charge < -0.3 is 5.32 Å². The molecule has 0 atom stereocenters. The molecule has 1 aromatic heterocycles. The second-order valence-electron chi connectivity index (χ2n) is 4.29. The number of hydrogen-bond donors (Lipinski definition) is 2. The molecule has 21 heavy (non-hydrogen) atoms. The van der Waals surface area contributed by atoms with Gasteiger partial charge in [-0.1, -0.05) is 11.6 Å². The van der Waals surface area contributed by atoms with Crippen LogP contribution >= 0.6 is 27.5 Å². The molecule has 0 spiro atoms. The summed E-state index contributed by atoms with van der Waals surface area (Å²) in [6, 6.07) is 6.60. The van der Waals surface area contributed by atoms with E-state index in [9.17, 15) is 8.42 Å². The van der Waals surface area contributed by atoms with Gasteiger partial charge in [-0.15, -0.1) is 0 Å². The van der Waals surface area contributed by atoms with Crippen LogP contribution in [0.4, 0.5) is 11.4 Å². The largest absolute Gasteiger partial charge is 0.386 e. The fourth-order valence-electron chi connectivity index (χ4n) is 1.71. The van der Waals surface area contributed by atoms with E-state index in [4.69, 9.17) is 11.6 Å². The number of halogens is 2. The molecule has 1 aromatic carbocycles. The third-order valence-corrected chi connectivity index (χ3v) is 5.17. The van der Waals surface area contributed by atoms with E-state index in [1.54, 1.807) is 31.3 Å². The van der Waals surface area contributed by atoms with Crippen LogP contribution in [0.1, 0.15) is 5.56 Å². The highest BCUT2D eigenvalue weighted by molar-refractivity contribution is 9.10. The molecule has 0 saturated carbocycles. The van der Waals surface area contributed by atoms with Crippen molar-refractivity contribution in [2.45, 2.75) is 11.9 Å². The van der Waals surface area contributed by atoms with Crippen molar-refractivity contribution in [2.75, 3.05) is 17.1 Å². The fraction of sp³-hybridized carbons (Fsp3) is 0.154. The molecule has 0 radical (unpaired) electrons. The van der Waals surface area contributed by atoms with Crippen molar-refractivity contribution >= 4 is 48.9 Å². The number of sulfonamides is 1. The lowest BCUT2D eigenvalue weighted by Crippen LogP contribution is -2.16. The first kappa shape index (κ1) is 16.1. The second kappa shape index (κ2) is 6.21. The van der Waals surface area contributed by atoms with Gasteiger partial charge in [0, 0.05) is 22.7 Å². The maximum Gasteiger partial charge on any atom is 0.281 e. The highest BCUT2D eigenvalue weighted by Crippen LogP contribution is 2.31. The zero-order valence-corrected chi connectivity index (χ0v) is 14.5. The predicted octanol–water partition coefficient (Wildman–Crippen LogP) is 3.65. The summed E-state index contributed by atoms with van der Waals surface area (Å²) in [6.07, 6.45) is 1.42. The van der Waals surface area contributed by atoms with Crippen LogP contribution in [-0.2, 0) is 10.0 Å². The van der Waals surface area contributed by atoms with E-state index in [2.05, 4.69) is 31.0 Å². The third-order valence-electron chi connectivity index (χ3n) is 2.79. The summed E-state index contributed by atoms with van der Waals surface area (Å²) in [6.45, 7) is 1.84. The molecule has 0 amide bonds. The van der Waals surface area contributed by atoms with Crippen LogP contribution in [0.15, 0.2) is 40.0 Å². The molecule has 0 aliphatic heterocycles. The topological polar surface area (TPSA) is 71.1 Å². The SMILES string of the molecule is CNc1cccnc1S(=O)(=O)Nc1cc(Cl)c(C)cc1Br. The van der Waals surface area contributed by atoms with Crippen molar-refractivity contribution in [2.24, 2.45) is 0 Å². The van der Waals surface area contributed by atoms with E-state index in [0.717, 1.165) is 5.56 Å². The average Bonchev–Trinajstić information content (AvgIpc) is 2.44. The monoisotopic (exact) mass is 389 g/mol. The Hall–Kier alpha value is -1.31. The van der Waals surface area contributed by atoms with Crippen LogP contribution in [0, 0.1) is 6.92 Å². The van der Waals surface area contributed by atoms with Gasteiger partial charge in [0.15, 0.2) is 5.03 Å².